The van der Waals surface area contributed by atoms with Crippen molar-refractivity contribution in [2.24, 2.45) is 7.05 Å². The van der Waals surface area contributed by atoms with Gasteiger partial charge in [-0.1, -0.05) is 12.1 Å². The molecule has 134 valence electrons. The van der Waals surface area contributed by atoms with Gasteiger partial charge in [-0.25, -0.2) is 9.37 Å². The van der Waals surface area contributed by atoms with Gasteiger partial charge in [-0.05, 0) is 12.1 Å². The van der Waals surface area contributed by atoms with Gasteiger partial charge in [0.15, 0.2) is 0 Å². The van der Waals surface area contributed by atoms with Crippen LogP contribution in [-0.4, -0.2) is 37.1 Å². The van der Waals surface area contributed by atoms with Crippen molar-refractivity contribution in [3.05, 3.63) is 65.8 Å². The number of anilines is 1. The van der Waals surface area contributed by atoms with Crippen molar-refractivity contribution in [3.63, 3.8) is 0 Å². The summed E-state index contributed by atoms with van der Waals surface area (Å²) in [6, 6.07) is 6.16. The van der Waals surface area contributed by atoms with Crippen LogP contribution in [0.1, 0.15) is 23.0 Å². The Morgan fingerprint density at radius 1 is 1.42 bits per heavy atom. The molecule has 8 heteroatoms. The molecule has 1 aliphatic rings. The van der Waals surface area contributed by atoms with Gasteiger partial charge in [0, 0.05) is 44.3 Å². The first-order valence-electron chi connectivity index (χ1n) is 8.38. The summed E-state index contributed by atoms with van der Waals surface area (Å²) in [6.07, 6.45) is 5.40. The van der Waals surface area contributed by atoms with E-state index in [0.29, 0.717) is 19.6 Å². The molecule has 1 atom stereocenters. The Labute approximate surface area is 149 Å². The molecule has 2 N–H and O–H groups in total. The first kappa shape index (κ1) is 16.5. The van der Waals surface area contributed by atoms with E-state index >= 15 is 0 Å². The van der Waals surface area contributed by atoms with Crippen LogP contribution in [0.2, 0.25) is 0 Å². The molecule has 0 aliphatic carbocycles. The van der Waals surface area contributed by atoms with Crippen molar-refractivity contribution >= 4 is 11.6 Å². The third-order valence-electron chi connectivity index (χ3n) is 4.48. The van der Waals surface area contributed by atoms with Gasteiger partial charge in [-0.15, -0.1) is 0 Å². The van der Waals surface area contributed by atoms with E-state index in [1.165, 1.54) is 6.07 Å². The number of rotatable bonds is 4. The fraction of sp³-hybridized carbons (Fsp3) is 0.278. The maximum atomic E-state index is 13.9. The summed E-state index contributed by atoms with van der Waals surface area (Å²) in [6.45, 7) is 1.78. The van der Waals surface area contributed by atoms with Crippen LogP contribution in [0.3, 0.4) is 0 Å². The molecule has 0 bridgehead atoms. The Morgan fingerprint density at radius 2 is 2.27 bits per heavy atom. The highest BCUT2D eigenvalue weighted by Crippen LogP contribution is 2.29. The number of hydrogen-bond acceptors (Lipinski definition) is 4. The van der Waals surface area contributed by atoms with Crippen LogP contribution in [0.15, 0.2) is 42.9 Å². The van der Waals surface area contributed by atoms with E-state index in [1.807, 2.05) is 13.2 Å². The fourth-order valence-electron chi connectivity index (χ4n) is 3.33. The number of benzene rings is 1. The molecule has 0 spiro atoms. The minimum absolute atomic E-state index is 0.179. The molecule has 1 aliphatic heterocycles. The van der Waals surface area contributed by atoms with Gasteiger partial charge < -0.3 is 10.3 Å². The minimum Gasteiger partial charge on any atom is -0.348 e. The molecule has 0 radical (unpaired) electrons. The second-order valence-corrected chi connectivity index (χ2v) is 6.44. The van der Waals surface area contributed by atoms with Gasteiger partial charge in [-0.3, -0.25) is 14.4 Å². The van der Waals surface area contributed by atoms with Gasteiger partial charge in [0.05, 0.1) is 23.8 Å². The van der Waals surface area contributed by atoms with Crippen LogP contribution in [0.4, 0.5) is 10.1 Å². The molecule has 7 nitrogen and oxygen atoms in total. The van der Waals surface area contributed by atoms with Gasteiger partial charge in [-0.2, -0.15) is 5.10 Å². The number of carbonyl (C=O) groups excluding carboxylic acids is 1. The number of H-pyrrole nitrogens is 1. The van der Waals surface area contributed by atoms with Crippen LogP contribution in [-0.2, 0) is 24.9 Å². The second-order valence-electron chi connectivity index (χ2n) is 6.44. The minimum atomic E-state index is -0.477. The number of nitrogens with zero attached hydrogens (tertiary/aromatic N) is 4. The summed E-state index contributed by atoms with van der Waals surface area (Å²) < 4.78 is 15.6. The molecule has 0 fully saturated rings. The third kappa shape index (κ3) is 3.23. The monoisotopic (exact) mass is 354 g/mol. The van der Waals surface area contributed by atoms with E-state index in [1.54, 1.807) is 35.3 Å². The Morgan fingerprint density at radius 3 is 3.04 bits per heavy atom. The highest BCUT2D eigenvalue weighted by atomic mass is 19.1. The predicted molar refractivity (Wildman–Crippen MR) is 93.7 cm³/mol. The number of fused-ring (bicyclic) bond motifs is 1. The van der Waals surface area contributed by atoms with E-state index in [-0.39, 0.29) is 11.6 Å². The summed E-state index contributed by atoms with van der Waals surface area (Å²) in [5.74, 6) is -0.357. The normalized spacial score (nSPS) is 17.1. The number of carbonyl (C=O) groups is 1. The van der Waals surface area contributed by atoms with Crippen LogP contribution >= 0.6 is 0 Å². The number of imidazole rings is 1. The van der Waals surface area contributed by atoms with Crippen LogP contribution < -0.4 is 5.32 Å². The van der Waals surface area contributed by atoms with E-state index in [0.717, 1.165) is 17.1 Å². The van der Waals surface area contributed by atoms with E-state index < -0.39 is 11.7 Å². The second kappa shape index (κ2) is 6.72. The first-order chi connectivity index (χ1) is 12.6. The molecule has 3 aromatic rings. The number of halogens is 1. The SMILES string of the molecule is Cn1cc2c(n1)[C@H](C(=O)Nc1ccccc1F)CN(Cc1ncc[nH]1)C2. The quantitative estimate of drug-likeness (QED) is 0.751. The van der Waals surface area contributed by atoms with E-state index in [4.69, 9.17) is 0 Å². The average Bonchev–Trinajstić information content (AvgIpc) is 3.24. The van der Waals surface area contributed by atoms with Crippen molar-refractivity contribution in [3.8, 4) is 0 Å². The summed E-state index contributed by atoms with van der Waals surface area (Å²) in [7, 11) is 1.83. The molecule has 3 heterocycles. The smallest absolute Gasteiger partial charge is 0.234 e. The third-order valence-corrected chi connectivity index (χ3v) is 4.48. The standard InChI is InChI=1S/C18H19FN6O/c1-24-8-12-9-25(11-16-20-6-7-21-16)10-13(17(12)23-24)18(26)22-15-5-3-2-4-14(15)19/h2-8,13H,9-11H2,1H3,(H,20,21)(H,22,26)/t13-/m1/s1. The molecule has 0 unspecified atom stereocenters. The van der Waals surface area contributed by atoms with Gasteiger partial charge in [0.2, 0.25) is 5.91 Å². The van der Waals surface area contributed by atoms with Crippen LogP contribution in [0.25, 0.3) is 0 Å². The van der Waals surface area contributed by atoms with Crippen LogP contribution in [0.5, 0.6) is 0 Å². The van der Waals surface area contributed by atoms with Gasteiger partial charge in [0.25, 0.3) is 0 Å². The molecule has 1 amide bonds. The fourth-order valence-corrected chi connectivity index (χ4v) is 3.33. The number of nitrogens with one attached hydrogen (secondary N) is 2. The molecule has 26 heavy (non-hydrogen) atoms. The highest BCUT2D eigenvalue weighted by molar-refractivity contribution is 5.96. The Balaban J connectivity index is 1.58. The van der Waals surface area contributed by atoms with Crippen molar-refractivity contribution in [1.29, 1.82) is 0 Å². The zero-order valence-corrected chi connectivity index (χ0v) is 14.3. The number of aromatic nitrogens is 4. The lowest BCUT2D eigenvalue weighted by Crippen LogP contribution is -2.38. The largest absolute Gasteiger partial charge is 0.348 e. The average molecular weight is 354 g/mol. The Bertz CT molecular complexity index is 920. The number of hydrogen-bond donors (Lipinski definition) is 2. The lowest BCUT2D eigenvalue weighted by atomic mass is 9.95. The number of para-hydroxylation sites is 1. The summed E-state index contributed by atoms with van der Waals surface area (Å²) in [5, 5.41) is 7.16. The molecular formula is C18H19FN6O. The Hall–Kier alpha value is -3.00. The summed E-state index contributed by atoms with van der Waals surface area (Å²) in [4.78, 5) is 22.3. The maximum Gasteiger partial charge on any atom is 0.234 e. The van der Waals surface area contributed by atoms with Gasteiger partial charge >= 0.3 is 0 Å². The summed E-state index contributed by atoms with van der Waals surface area (Å²) in [5.41, 5.74) is 1.93. The number of aryl methyl sites for hydroxylation is 1. The van der Waals surface area contributed by atoms with Gasteiger partial charge in [0.1, 0.15) is 11.6 Å². The predicted octanol–water partition coefficient (Wildman–Crippen LogP) is 2.02. The molecule has 2 aromatic heterocycles. The molecular weight excluding hydrogens is 335 g/mol. The number of amides is 1. The zero-order chi connectivity index (χ0) is 18.1. The van der Waals surface area contributed by atoms with E-state index in [2.05, 4.69) is 25.3 Å². The lowest BCUT2D eigenvalue weighted by Gasteiger charge is -2.30. The van der Waals surface area contributed by atoms with E-state index in [9.17, 15) is 9.18 Å². The molecule has 0 saturated heterocycles. The van der Waals surface area contributed by atoms with Crippen molar-refractivity contribution < 1.29 is 9.18 Å². The highest BCUT2D eigenvalue weighted by Gasteiger charge is 2.33. The van der Waals surface area contributed by atoms with Crippen molar-refractivity contribution in [2.75, 3.05) is 11.9 Å². The van der Waals surface area contributed by atoms with Crippen molar-refractivity contribution in [1.82, 2.24) is 24.6 Å². The number of aromatic amines is 1. The first-order valence-corrected chi connectivity index (χ1v) is 8.38. The molecule has 4 rings (SSSR count). The molecule has 1 aromatic carbocycles. The summed E-state index contributed by atoms with van der Waals surface area (Å²) >= 11 is 0. The molecule has 0 saturated carbocycles. The zero-order valence-electron chi connectivity index (χ0n) is 14.3. The topological polar surface area (TPSA) is 78.8 Å². The maximum absolute atomic E-state index is 13.9. The van der Waals surface area contributed by atoms with Crippen molar-refractivity contribution in [2.45, 2.75) is 19.0 Å². The van der Waals surface area contributed by atoms with Crippen LogP contribution in [0, 0.1) is 5.82 Å². The lowest BCUT2D eigenvalue weighted by molar-refractivity contribution is -0.118. The Kier molecular flexibility index (Phi) is 4.26.